The fourth-order valence-electron chi connectivity index (χ4n) is 4.36. The Morgan fingerprint density at radius 3 is 2.84 bits per heavy atom. The molecule has 0 saturated carbocycles. The number of H-pyrrole nitrogens is 1. The molecule has 1 aromatic carbocycles. The Hall–Kier alpha value is -4.25. The number of amides is 1. The number of carbonyl (C=O) groups is 2. The van der Waals surface area contributed by atoms with Crippen molar-refractivity contribution in [2.75, 3.05) is 32.1 Å². The molecule has 1 fully saturated rings. The number of nitrogens with one attached hydrogen (secondary N) is 2. The molecule has 0 spiro atoms. The number of hydrogen-bond acceptors (Lipinski definition) is 8. The topological polar surface area (TPSA) is 122 Å². The van der Waals surface area contributed by atoms with Gasteiger partial charge in [-0.05, 0) is 49.1 Å². The number of aromatic nitrogens is 4. The molecule has 0 unspecified atom stereocenters. The van der Waals surface area contributed by atoms with E-state index in [4.69, 9.17) is 16.3 Å². The van der Waals surface area contributed by atoms with Crippen LogP contribution in [0.3, 0.4) is 0 Å². The molecule has 5 rings (SSSR count). The number of pyridine rings is 1. The van der Waals surface area contributed by atoms with Crippen molar-refractivity contribution < 1.29 is 23.5 Å². The summed E-state index contributed by atoms with van der Waals surface area (Å²) in [4.78, 5) is 41.7. The molecule has 0 aliphatic carbocycles. The summed E-state index contributed by atoms with van der Waals surface area (Å²) < 4.78 is 24.7. The highest BCUT2D eigenvalue weighted by Gasteiger charge is 2.25. The number of piperidine rings is 1. The van der Waals surface area contributed by atoms with Crippen LogP contribution < -0.4 is 10.1 Å². The number of rotatable bonds is 6. The van der Waals surface area contributed by atoms with Gasteiger partial charge in [0.1, 0.15) is 11.4 Å². The van der Waals surface area contributed by atoms with Gasteiger partial charge in [0.15, 0.2) is 17.5 Å². The van der Waals surface area contributed by atoms with Crippen LogP contribution in [0.4, 0.5) is 15.0 Å². The van der Waals surface area contributed by atoms with E-state index in [1.165, 1.54) is 25.4 Å². The molecule has 10 nitrogen and oxygen atoms in total. The second kappa shape index (κ2) is 11.0. The Morgan fingerprint density at radius 2 is 2.05 bits per heavy atom. The molecular weight excluding hydrogens is 515 g/mol. The molecule has 38 heavy (non-hydrogen) atoms. The Balaban J connectivity index is 1.21. The molecule has 12 heteroatoms. The monoisotopic (exact) mass is 538 g/mol. The van der Waals surface area contributed by atoms with Gasteiger partial charge in [-0.3, -0.25) is 0 Å². The van der Waals surface area contributed by atoms with Crippen molar-refractivity contribution in [3.63, 3.8) is 0 Å². The molecule has 1 atom stereocenters. The van der Waals surface area contributed by atoms with Crippen LogP contribution in [0.1, 0.15) is 23.2 Å². The molecule has 0 radical (unpaired) electrons. The number of methoxy groups -OCH3 is 1. The number of halogens is 2. The predicted molar refractivity (Wildman–Crippen MR) is 139 cm³/mol. The average molecular weight is 539 g/mol. The fraction of sp³-hybridized carbons (Fsp3) is 0.269. The Morgan fingerprint density at radius 1 is 1.24 bits per heavy atom. The van der Waals surface area contributed by atoms with Gasteiger partial charge in [0.05, 0.1) is 23.9 Å². The molecule has 196 valence electrons. The van der Waals surface area contributed by atoms with Crippen LogP contribution in [0.2, 0.25) is 5.02 Å². The van der Waals surface area contributed by atoms with Gasteiger partial charge in [-0.15, -0.1) is 0 Å². The van der Waals surface area contributed by atoms with Gasteiger partial charge >= 0.3 is 12.1 Å². The summed E-state index contributed by atoms with van der Waals surface area (Å²) in [6, 6.07) is 7.89. The van der Waals surface area contributed by atoms with Crippen molar-refractivity contribution in [1.29, 1.82) is 0 Å². The smallest absolute Gasteiger partial charge is 0.415 e. The number of esters is 1. The third-order valence-corrected chi connectivity index (χ3v) is 6.51. The average Bonchev–Trinajstić information content (AvgIpc) is 3.35. The minimum atomic E-state index is -0.577. The second-order valence-corrected chi connectivity index (χ2v) is 9.30. The van der Waals surface area contributed by atoms with E-state index in [9.17, 15) is 14.0 Å². The van der Waals surface area contributed by atoms with E-state index < -0.39 is 17.9 Å². The van der Waals surface area contributed by atoms with E-state index in [0.717, 1.165) is 24.4 Å². The molecule has 1 saturated heterocycles. The molecule has 3 aromatic heterocycles. The summed E-state index contributed by atoms with van der Waals surface area (Å²) in [5.41, 5.74) is 1.64. The van der Waals surface area contributed by atoms with Crippen LogP contribution >= 0.6 is 11.6 Å². The fourth-order valence-corrected chi connectivity index (χ4v) is 4.52. The summed E-state index contributed by atoms with van der Waals surface area (Å²) in [7, 11) is 1.30. The highest BCUT2D eigenvalue weighted by Crippen LogP contribution is 2.28. The number of benzene rings is 1. The van der Waals surface area contributed by atoms with E-state index in [1.807, 2.05) is 0 Å². The first-order chi connectivity index (χ1) is 18.4. The highest BCUT2D eigenvalue weighted by atomic mass is 35.5. The van der Waals surface area contributed by atoms with Crippen LogP contribution in [0.15, 0.2) is 48.9 Å². The maximum absolute atomic E-state index is 14.5. The van der Waals surface area contributed by atoms with Crippen molar-refractivity contribution in [1.82, 2.24) is 24.8 Å². The molecule has 1 amide bonds. The van der Waals surface area contributed by atoms with Crippen molar-refractivity contribution >= 4 is 40.5 Å². The normalized spacial score (nSPS) is 15.3. The molecule has 2 N–H and O–H groups in total. The number of fused-ring (bicyclic) bond motifs is 1. The molecule has 1 aliphatic heterocycles. The number of anilines is 1. The summed E-state index contributed by atoms with van der Waals surface area (Å²) in [5.74, 6) is -0.253. The van der Waals surface area contributed by atoms with E-state index >= 15 is 0 Å². The van der Waals surface area contributed by atoms with Crippen molar-refractivity contribution in [2.24, 2.45) is 5.92 Å². The molecule has 0 bridgehead atoms. The minimum Gasteiger partial charge on any atom is -0.465 e. The zero-order chi connectivity index (χ0) is 26.6. The Labute approximate surface area is 222 Å². The molecule has 4 aromatic rings. The minimum absolute atomic E-state index is 0.0620. The van der Waals surface area contributed by atoms with Gasteiger partial charge in [-0.1, -0.05) is 11.6 Å². The number of ether oxygens (including phenoxy) is 2. The first kappa shape index (κ1) is 25.4. The first-order valence-corrected chi connectivity index (χ1v) is 12.3. The van der Waals surface area contributed by atoms with E-state index in [2.05, 4.69) is 30.0 Å². The lowest BCUT2D eigenvalue weighted by Gasteiger charge is -2.32. The first-order valence-electron chi connectivity index (χ1n) is 12.0. The maximum Gasteiger partial charge on any atom is 0.415 e. The predicted octanol–water partition coefficient (Wildman–Crippen LogP) is 4.92. The standard InChI is InChI=1S/C26H24ClFN6O4/c1-37-25(35)16-4-6-18(7-5-16)38-26(36)34-8-2-3-15(14-34)10-29-24-21(28)13-32-23(33-24)20-12-31-22-19(20)9-17(27)11-30-22/h4-7,9,11-13,15H,2-3,8,10,14H2,1H3,(H,30,31)(H,29,32,33)/t15-/m1/s1. The van der Waals surface area contributed by atoms with Crippen LogP contribution in [0, 0.1) is 11.7 Å². The molecule has 4 heterocycles. The van der Waals surface area contributed by atoms with Crippen molar-refractivity contribution in [3.05, 3.63) is 65.3 Å². The van der Waals surface area contributed by atoms with Gasteiger partial charge in [0.25, 0.3) is 0 Å². The number of carbonyl (C=O) groups excluding carboxylic acids is 2. The van der Waals surface area contributed by atoms with Gasteiger partial charge in [-0.2, -0.15) is 0 Å². The lowest BCUT2D eigenvalue weighted by atomic mass is 9.98. The second-order valence-electron chi connectivity index (χ2n) is 8.86. The van der Waals surface area contributed by atoms with E-state index in [0.29, 0.717) is 53.0 Å². The van der Waals surface area contributed by atoms with E-state index in [-0.39, 0.29) is 11.7 Å². The van der Waals surface area contributed by atoms with Crippen LogP contribution in [0.25, 0.3) is 22.4 Å². The maximum atomic E-state index is 14.5. The summed E-state index contributed by atoms with van der Waals surface area (Å²) in [5, 5.41) is 4.28. The number of nitrogens with zero attached hydrogens (tertiary/aromatic N) is 4. The van der Waals surface area contributed by atoms with Crippen LogP contribution in [0.5, 0.6) is 5.75 Å². The van der Waals surface area contributed by atoms with Crippen LogP contribution in [-0.2, 0) is 4.74 Å². The molecule has 1 aliphatic rings. The summed E-state index contributed by atoms with van der Waals surface area (Å²) >= 11 is 6.09. The Kier molecular flexibility index (Phi) is 7.36. The number of aromatic amines is 1. The lowest BCUT2D eigenvalue weighted by molar-refractivity contribution is 0.0600. The highest BCUT2D eigenvalue weighted by molar-refractivity contribution is 6.31. The summed E-state index contributed by atoms with van der Waals surface area (Å²) in [6.45, 7) is 1.41. The number of likely N-dealkylation sites (tertiary alicyclic amines) is 1. The lowest BCUT2D eigenvalue weighted by Crippen LogP contribution is -2.43. The third-order valence-electron chi connectivity index (χ3n) is 6.30. The van der Waals surface area contributed by atoms with Crippen LogP contribution in [-0.4, -0.2) is 63.6 Å². The zero-order valence-corrected chi connectivity index (χ0v) is 21.2. The van der Waals surface area contributed by atoms with Gasteiger partial charge < -0.3 is 24.7 Å². The van der Waals surface area contributed by atoms with Gasteiger partial charge in [0, 0.05) is 43.0 Å². The number of hydrogen-bond donors (Lipinski definition) is 2. The van der Waals surface area contributed by atoms with Gasteiger partial charge in [0.2, 0.25) is 0 Å². The third kappa shape index (κ3) is 5.52. The van der Waals surface area contributed by atoms with Crippen molar-refractivity contribution in [2.45, 2.75) is 12.8 Å². The van der Waals surface area contributed by atoms with Gasteiger partial charge in [-0.25, -0.2) is 28.9 Å². The zero-order valence-electron chi connectivity index (χ0n) is 20.4. The quantitative estimate of drug-likeness (QED) is 0.332. The SMILES string of the molecule is COC(=O)c1ccc(OC(=O)N2CCC[C@H](CNc3nc(-c4c[nH]c5ncc(Cl)cc45)ncc3F)C2)cc1. The Bertz CT molecular complexity index is 1480. The molecular formula is C26H24ClFN6O4. The van der Waals surface area contributed by atoms with Crippen molar-refractivity contribution in [3.8, 4) is 17.1 Å². The summed E-state index contributed by atoms with van der Waals surface area (Å²) in [6.07, 6.45) is 5.52. The largest absolute Gasteiger partial charge is 0.465 e. The van der Waals surface area contributed by atoms with E-state index in [1.54, 1.807) is 29.3 Å².